The van der Waals surface area contributed by atoms with E-state index in [9.17, 15) is 4.79 Å². The van der Waals surface area contributed by atoms with E-state index in [2.05, 4.69) is 10.3 Å². The highest BCUT2D eigenvalue weighted by molar-refractivity contribution is 7.22. The van der Waals surface area contributed by atoms with Gasteiger partial charge in [-0.1, -0.05) is 41.1 Å². The normalized spacial score (nSPS) is 11.0. The van der Waals surface area contributed by atoms with Gasteiger partial charge < -0.3 is 4.74 Å². The van der Waals surface area contributed by atoms with Crippen LogP contribution in [-0.2, 0) is 4.79 Å². The van der Waals surface area contributed by atoms with Crippen molar-refractivity contribution in [3.63, 3.8) is 0 Å². The Morgan fingerprint density at radius 3 is 2.91 bits per heavy atom. The molecule has 2 aromatic carbocycles. The molecule has 0 aliphatic heterocycles. The lowest BCUT2D eigenvalue weighted by Crippen LogP contribution is -2.07. The molecule has 0 saturated carbocycles. The monoisotopic (exact) mass is 344 g/mol. The lowest BCUT2D eigenvalue weighted by atomic mass is 10.2. The Hall–Kier alpha value is -2.37. The van der Waals surface area contributed by atoms with Gasteiger partial charge in [0.1, 0.15) is 5.75 Å². The van der Waals surface area contributed by atoms with Gasteiger partial charge in [-0.15, -0.1) is 0 Å². The molecule has 0 fully saturated rings. The fraction of sp³-hybridized carbons (Fsp3) is 0.0588. The van der Waals surface area contributed by atoms with Crippen molar-refractivity contribution in [3.05, 3.63) is 59.1 Å². The molecule has 1 aromatic heterocycles. The molecule has 0 unspecified atom stereocenters. The van der Waals surface area contributed by atoms with Crippen LogP contribution in [0.2, 0.25) is 5.02 Å². The smallest absolute Gasteiger partial charge is 0.250 e. The molecule has 0 aliphatic rings. The Labute approximate surface area is 142 Å². The van der Waals surface area contributed by atoms with Gasteiger partial charge >= 0.3 is 0 Å². The molecule has 0 radical (unpaired) electrons. The molecule has 0 spiro atoms. The van der Waals surface area contributed by atoms with E-state index >= 15 is 0 Å². The Bertz CT molecular complexity index is 889. The lowest BCUT2D eigenvalue weighted by Gasteiger charge is -1.97. The van der Waals surface area contributed by atoms with Crippen molar-refractivity contribution in [2.24, 2.45) is 0 Å². The number of rotatable bonds is 4. The number of benzene rings is 2. The number of nitrogens with zero attached hydrogens (tertiary/aromatic N) is 1. The molecule has 23 heavy (non-hydrogen) atoms. The van der Waals surface area contributed by atoms with Crippen molar-refractivity contribution in [1.29, 1.82) is 0 Å². The molecular weight excluding hydrogens is 332 g/mol. The fourth-order valence-electron chi connectivity index (χ4n) is 2.01. The summed E-state index contributed by atoms with van der Waals surface area (Å²) in [5.41, 5.74) is 1.61. The number of anilines is 1. The molecular formula is C17H13ClN2O2S. The van der Waals surface area contributed by atoms with Gasteiger partial charge in [-0.25, -0.2) is 4.98 Å². The van der Waals surface area contributed by atoms with Crippen LogP contribution in [0, 0.1) is 0 Å². The molecule has 1 amide bonds. The first-order valence-corrected chi connectivity index (χ1v) is 8.03. The van der Waals surface area contributed by atoms with Gasteiger partial charge in [0.25, 0.3) is 0 Å². The van der Waals surface area contributed by atoms with Crippen LogP contribution in [0.25, 0.3) is 16.3 Å². The van der Waals surface area contributed by atoms with E-state index in [1.807, 2.05) is 36.4 Å². The summed E-state index contributed by atoms with van der Waals surface area (Å²) in [5.74, 6) is 0.508. The third-order valence-electron chi connectivity index (χ3n) is 3.15. The Balaban J connectivity index is 1.74. The van der Waals surface area contributed by atoms with Gasteiger partial charge in [-0.3, -0.25) is 10.1 Å². The average Bonchev–Trinajstić information content (AvgIpc) is 2.95. The number of hydrogen-bond donors (Lipinski definition) is 1. The second kappa shape index (κ2) is 6.81. The SMILES string of the molecule is COc1ccc2nc(NC(=O)/C=C/c3ccccc3Cl)sc2c1. The Kier molecular flexibility index (Phi) is 4.60. The van der Waals surface area contributed by atoms with E-state index < -0.39 is 0 Å². The summed E-state index contributed by atoms with van der Waals surface area (Å²) in [4.78, 5) is 16.4. The number of carbonyl (C=O) groups is 1. The summed E-state index contributed by atoms with van der Waals surface area (Å²) in [5, 5.41) is 3.90. The Morgan fingerprint density at radius 2 is 2.13 bits per heavy atom. The van der Waals surface area contributed by atoms with E-state index in [0.29, 0.717) is 10.2 Å². The minimum atomic E-state index is -0.254. The van der Waals surface area contributed by atoms with E-state index in [1.165, 1.54) is 17.4 Å². The molecule has 1 heterocycles. The number of ether oxygens (including phenoxy) is 1. The van der Waals surface area contributed by atoms with Gasteiger partial charge in [0.05, 0.1) is 17.3 Å². The van der Waals surface area contributed by atoms with Crippen molar-refractivity contribution in [1.82, 2.24) is 4.98 Å². The first-order valence-electron chi connectivity index (χ1n) is 6.84. The number of amides is 1. The molecule has 3 rings (SSSR count). The summed E-state index contributed by atoms with van der Waals surface area (Å²) in [6, 6.07) is 12.9. The van der Waals surface area contributed by atoms with Crippen LogP contribution in [0.1, 0.15) is 5.56 Å². The van der Waals surface area contributed by atoms with E-state index in [1.54, 1.807) is 19.3 Å². The van der Waals surface area contributed by atoms with Crippen LogP contribution in [0.4, 0.5) is 5.13 Å². The molecule has 1 N–H and O–H groups in total. The maximum Gasteiger partial charge on any atom is 0.250 e. The van der Waals surface area contributed by atoms with Gasteiger partial charge in [0, 0.05) is 11.1 Å². The first kappa shape index (κ1) is 15.5. The molecule has 4 nitrogen and oxygen atoms in total. The number of fused-ring (bicyclic) bond motifs is 1. The fourth-order valence-corrected chi connectivity index (χ4v) is 3.10. The Morgan fingerprint density at radius 1 is 1.30 bits per heavy atom. The lowest BCUT2D eigenvalue weighted by molar-refractivity contribution is -0.111. The van der Waals surface area contributed by atoms with E-state index in [4.69, 9.17) is 16.3 Å². The quantitative estimate of drug-likeness (QED) is 0.703. The minimum Gasteiger partial charge on any atom is -0.497 e. The van der Waals surface area contributed by atoms with Gasteiger partial charge in [0.2, 0.25) is 5.91 Å². The maximum atomic E-state index is 12.0. The largest absolute Gasteiger partial charge is 0.497 e. The summed E-state index contributed by atoms with van der Waals surface area (Å²) >= 11 is 7.44. The molecule has 116 valence electrons. The van der Waals surface area contributed by atoms with Crippen LogP contribution in [-0.4, -0.2) is 18.0 Å². The minimum absolute atomic E-state index is 0.254. The number of halogens is 1. The average molecular weight is 345 g/mol. The zero-order valence-corrected chi connectivity index (χ0v) is 13.8. The summed E-state index contributed by atoms with van der Waals surface area (Å²) in [6.07, 6.45) is 3.11. The number of carbonyl (C=O) groups excluding carboxylic acids is 1. The third kappa shape index (κ3) is 3.70. The van der Waals surface area contributed by atoms with Gasteiger partial charge in [-0.05, 0) is 35.9 Å². The van der Waals surface area contributed by atoms with E-state index in [0.717, 1.165) is 21.5 Å². The highest BCUT2D eigenvalue weighted by atomic mass is 35.5. The standard InChI is InChI=1S/C17H13ClN2O2S/c1-22-12-7-8-14-15(10-12)23-17(19-14)20-16(21)9-6-11-4-2-3-5-13(11)18/h2-10H,1H3,(H,19,20,21)/b9-6+. The predicted octanol–water partition coefficient (Wildman–Crippen LogP) is 4.61. The molecule has 0 saturated heterocycles. The van der Waals surface area contributed by atoms with Crippen LogP contribution >= 0.6 is 22.9 Å². The van der Waals surface area contributed by atoms with Crippen molar-refractivity contribution < 1.29 is 9.53 Å². The van der Waals surface area contributed by atoms with Crippen molar-refractivity contribution in [3.8, 4) is 5.75 Å². The third-order valence-corrected chi connectivity index (χ3v) is 4.42. The molecule has 0 bridgehead atoms. The number of nitrogens with one attached hydrogen (secondary N) is 1. The van der Waals surface area contributed by atoms with Crippen LogP contribution in [0.15, 0.2) is 48.5 Å². The van der Waals surface area contributed by atoms with Crippen LogP contribution < -0.4 is 10.1 Å². The number of methoxy groups -OCH3 is 1. The molecule has 3 aromatic rings. The number of thiazole rings is 1. The zero-order valence-electron chi connectivity index (χ0n) is 12.2. The second-order valence-electron chi connectivity index (χ2n) is 4.70. The van der Waals surface area contributed by atoms with Crippen molar-refractivity contribution in [2.45, 2.75) is 0 Å². The second-order valence-corrected chi connectivity index (χ2v) is 6.13. The van der Waals surface area contributed by atoms with Crippen molar-refractivity contribution in [2.75, 3.05) is 12.4 Å². The van der Waals surface area contributed by atoms with Gasteiger partial charge in [-0.2, -0.15) is 0 Å². The van der Waals surface area contributed by atoms with E-state index in [-0.39, 0.29) is 5.91 Å². The summed E-state index contributed by atoms with van der Waals surface area (Å²) in [6.45, 7) is 0. The molecule has 6 heteroatoms. The van der Waals surface area contributed by atoms with Gasteiger partial charge in [0.15, 0.2) is 5.13 Å². The highest BCUT2D eigenvalue weighted by Gasteiger charge is 2.07. The molecule has 0 atom stereocenters. The number of aromatic nitrogens is 1. The zero-order chi connectivity index (χ0) is 16.2. The summed E-state index contributed by atoms with van der Waals surface area (Å²) in [7, 11) is 1.62. The summed E-state index contributed by atoms with van der Waals surface area (Å²) < 4.78 is 6.13. The predicted molar refractivity (Wildman–Crippen MR) is 95.3 cm³/mol. The van der Waals surface area contributed by atoms with Crippen LogP contribution in [0.5, 0.6) is 5.75 Å². The highest BCUT2D eigenvalue weighted by Crippen LogP contribution is 2.29. The maximum absolute atomic E-state index is 12.0. The number of hydrogen-bond acceptors (Lipinski definition) is 4. The topological polar surface area (TPSA) is 51.2 Å². The van der Waals surface area contributed by atoms with Crippen molar-refractivity contribution >= 4 is 50.3 Å². The molecule has 0 aliphatic carbocycles. The van der Waals surface area contributed by atoms with Crippen LogP contribution in [0.3, 0.4) is 0 Å². The first-order chi connectivity index (χ1) is 11.2.